The lowest BCUT2D eigenvalue weighted by atomic mass is 10.1. The zero-order valence-corrected chi connectivity index (χ0v) is 12.0. The average molecular weight is 263 g/mol. The zero-order chi connectivity index (χ0) is 13.5. The van der Waals surface area contributed by atoms with Crippen LogP contribution in [0.3, 0.4) is 0 Å². The van der Waals surface area contributed by atoms with E-state index in [1.54, 1.807) is 0 Å². The Balaban J connectivity index is 1.59. The van der Waals surface area contributed by atoms with E-state index in [2.05, 4.69) is 54.7 Å². The number of rotatable bonds is 2. The highest BCUT2D eigenvalue weighted by atomic mass is 14.9. The molecule has 1 saturated carbocycles. The van der Waals surface area contributed by atoms with E-state index in [0.29, 0.717) is 6.04 Å². The van der Waals surface area contributed by atoms with Gasteiger partial charge >= 0.3 is 0 Å². The van der Waals surface area contributed by atoms with Crippen molar-refractivity contribution in [2.24, 2.45) is 5.92 Å². The highest BCUT2D eigenvalue weighted by Gasteiger charge is 2.22. The van der Waals surface area contributed by atoms with Gasteiger partial charge in [-0.3, -0.25) is 0 Å². The van der Waals surface area contributed by atoms with Crippen LogP contribution in [0.2, 0.25) is 0 Å². The summed E-state index contributed by atoms with van der Waals surface area (Å²) in [6, 6.07) is 16.4. The van der Waals surface area contributed by atoms with Gasteiger partial charge in [0, 0.05) is 11.7 Å². The van der Waals surface area contributed by atoms with E-state index >= 15 is 0 Å². The second kappa shape index (κ2) is 4.66. The summed E-state index contributed by atoms with van der Waals surface area (Å²) in [6.07, 6.45) is 5.09. The van der Waals surface area contributed by atoms with E-state index in [0.717, 1.165) is 12.3 Å². The Morgan fingerprint density at radius 1 is 0.950 bits per heavy atom. The Morgan fingerprint density at radius 3 is 2.65 bits per heavy atom. The second-order valence-electron chi connectivity index (χ2n) is 6.47. The van der Waals surface area contributed by atoms with E-state index < -0.39 is 0 Å². The van der Waals surface area contributed by atoms with Crippen LogP contribution < -0.4 is 5.32 Å². The molecule has 102 valence electrons. The smallest absolute Gasteiger partial charge is 0.0345 e. The lowest BCUT2D eigenvalue weighted by Crippen LogP contribution is -2.15. The molecule has 0 spiro atoms. The van der Waals surface area contributed by atoms with Crippen LogP contribution in [0.5, 0.6) is 0 Å². The number of hydrogen-bond donors (Lipinski definition) is 1. The van der Waals surface area contributed by atoms with Gasteiger partial charge in [0.05, 0.1) is 0 Å². The van der Waals surface area contributed by atoms with Gasteiger partial charge < -0.3 is 5.32 Å². The summed E-state index contributed by atoms with van der Waals surface area (Å²) in [4.78, 5) is 0. The largest absolute Gasteiger partial charge is 0.382 e. The summed E-state index contributed by atoms with van der Waals surface area (Å²) in [5, 5.41) is 3.73. The fraction of sp³-hybridized carbons (Fsp3) is 0.368. The van der Waals surface area contributed by atoms with Crippen molar-refractivity contribution in [2.45, 2.75) is 38.6 Å². The lowest BCUT2D eigenvalue weighted by Gasteiger charge is -2.15. The third-order valence-electron chi connectivity index (χ3n) is 4.86. The number of nitrogens with one attached hydrogen (secondary N) is 1. The molecule has 0 aliphatic heterocycles. The number of fused-ring (bicyclic) bond motifs is 3. The first-order valence-corrected chi connectivity index (χ1v) is 7.77. The van der Waals surface area contributed by atoms with Crippen molar-refractivity contribution in [1.82, 2.24) is 0 Å². The van der Waals surface area contributed by atoms with Gasteiger partial charge in [-0.15, -0.1) is 0 Å². The minimum atomic E-state index is 0.673. The van der Waals surface area contributed by atoms with Crippen LogP contribution >= 0.6 is 0 Å². The van der Waals surface area contributed by atoms with Crippen LogP contribution in [0.25, 0.3) is 11.1 Å². The molecule has 2 aromatic rings. The summed E-state index contributed by atoms with van der Waals surface area (Å²) in [7, 11) is 0. The fourth-order valence-electron chi connectivity index (χ4n) is 3.81. The maximum Gasteiger partial charge on any atom is 0.0345 e. The fourth-order valence-corrected chi connectivity index (χ4v) is 3.81. The molecule has 4 rings (SSSR count). The van der Waals surface area contributed by atoms with Gasteiger partial charge in [0.1, 0.15) is 0 Å². The Morgan fingerprint density at radius 2 is 1.80 bits per heavy atom. The molecule has 0 heterocycles. The Kier molecular flexibility index (Phi) is 2.80. The van der Waals surface area contributed by atoms with Gasteiger partial charge in [-0.05, 0) is 66.0 Å². The number of benzene rings is 2. The SMILES string of the molecule is CC1CCC(Nc2ccc3c(c2)Cc2ccccc2-3)C1. The van der Waals surface area contributed by atoms with Gasteiger partial charge in [0.15, 0.2) is 0 Å². The normalized spacial score (nSPS) is 23.4. The molecule has 20 heavy (non-hydrogen) atoms. The molecule has 2 aliphatic carbocycles. The molecular weight excluding hydrogens is 242 g/mol. The highest BCUT2D eigenvalue weighted by Crippen LogP contribution is 2.38. The molecule has 2 aromatic carbocycles. The first-order valence-electron chi connectivity index (χ1n) is 7.77. The van der Waals surface area contributed by atoms with Crippen molar-refractivity contribution < 1.29 is 0 Å². The predicted octanol–water partition coefficient (Wildman–Crippen LogP) is 4.86. The van der Waals surface area contributed by atoms with E-state index in [9.17, 15) is 0 Å². The van der Waals surface area contributed by atoms with Gasteiger partial charge in [-0.25, -0.2) is 0 Å². The highest BCUT2D eigenvalue weighted by molar-refractivity contribution is 5.78. The zero-order valence-electron chi connectivity index (χ0n) is 12.0. The Labute approximate surface area is 121 Å². The van der Waals surface area contributed by atoms with Crippen LogP contribution in [0.15, 0.2) is 42.5 Å². The first-order chi connectivity index (χ1) is 9.79. The molecule has 0 aromatic heterocycles. The van der Waals surface area contributed by atoms with Crippen LogP contribution in [0.1, 0.15) is 37.3 Å². The first kappa shape index (κ1) is 12.0. The third-order valence-corrected chi connectivity index (χ3v) is 4.86. The van der Waals surface area contributed by atoms with Gasteiger partial charge in [-0.2, -0.15) is 0 Å². The molecule has 0 radical (unpaired) electrons. The maximum atomic E-state index is 3.73. The molecule has 1 nitrogen and oxygen atoms in total. The maximum absolute atomic E-state index is 3.73. The summed E-state index contributed by atoms with van der Waals surface area (Å²) in [5.74, 6) is 0.881. The lowest BCUT2D eigenvalue weighted by molar-refractivity contribution is 0.602. The summed E-state index contributed by atoms with van der Waals surface area (Å²) in [5.41, 5.74) is 7.08. The predicted molar refractivity (Wildman–Crippen MR) is 85.1 cm³/mol. The molecule has 2 atom stereocenters. The average Bonchev–Trinajstić information content (AvgIpc) is 3.01. The topological polar surface area (TPSA) is 12.0 Å². The molecule has 0 bridgehead atoms. The molecule has 2 unspecified atom stereocenters. The Bertz CT molecular complexity index is 644. The van der Waals surface area contributed by atoms with Gasteiger partial charge in [-0.1, -0.05) is 37.3 Å². The molecule has 0 amide bonds. The van der Waals surface area contributed by atoms with E-state index in [4.69, 9.17) is 0 Å². The van der Waals surface area contributed by atoms with Crippen molar-refractivity contribution in [2.75, 3.05) is 5.32 Å². The number of hydrogen-bond acceptors (Lipinski definition) is 1. The molecular formula is C19H21N. The van der Waals surface area contributed by atoms with Crippen molar-refractivity contribution in [3.05, 3.63) is 53.6 Å². The van der Waals surface area contributed by atoms with Crippen LogP contribution in [-0.4, -0.2) is 6.04 Å². The van der Waals surface area contributed by atoms with E-state index in [-0.39, 0.29) is 0 Å². The summed E-state index contributed by atoms with van der Waals surface area (Å²) >= 11 is 0. The molecule has 2 aliphatic rings. The molecule has 1 heteroatoms. The monoisotopic (exact) mass is 263 g/mol. The van der Waals surface area contributed by atoms with E-state index in [1.165, 1.54) is 47.2 Å². The van der Waals surface area contributed by atoms with Gasteiger partial charge in [0.25, 0.3) is 0 Å². The minimum Gasteiger partial charge on any atom is -0.382 e. The van der Waals surface area contributed by atoms with E-state index in [1.807, 2.05) is 0 Å². The summed E-state index contributed by atoms with van der Waals surface area (Å²) < 4.78 is 0. The minimum absolute atomic E-state index is 0.673. The number of anilines is 1. The third kappa shape index (κ3) is 2.02. The molecule has 1 N–H and O–H groups in total. The Hall–Kier alpha value is -1.76. The van der Waals surface area contributed by atoms with Crippen LogP contribution in [-0.2, 0) is 6.42 Å². The van der Waals surface area contributed by atoms with Crippen molar-refractivity contribution in [1.29, 1.82) is 0 Å². The van der Waals surface area contributed by atoms with Crippen molar-refractivity contribution in [3.8, 4) is 11.1 Å². The van der Waals surface area contributed by atoms with Crippen molar-refractivity contribution in [3.63, 3.8) is 0 Å². The quantitative estimate of drug-likeness (QED) is 0.696. The van der Waals surface area contributed by atoms with Gasteiger partial charge in [0.2, 0.25) is 0 Å². The van der Waals surface area contributed by atoms with Crippen molar-refractivity contribution >= 4 is 5.69 Å². The van der Waals surface area contributed by atoms with Crippen LogP contribution in [0, 0.1) is 5.92 Å². The van der Waals surface area contributed by atoms with Crippen LogP contribution in [0.4, 0.5) is 5.69 Å². The molecule has 0 saturated heterocycles. The molecule has 1 fully saturated rings. The standard InChI is InChI=1S/C19H21N/c1-13-6-7-16(10-13)20-17-8-9-19-15(12-17)11-14-4-2-3-5-18(14)19/h2-5,8-9,12-13,16,20H,6-7,10-11H2,1H3. The summed E-state index contributed by atoms with van der Waals surface area (Å²) in [6.45, 7) is 2.36. The second-order valence-corrected chi connectivity index (χ2v) is 6.47.